The predicted molar refractivity (Wildman–Crippen MR) is 154 cm³/mol. The van der Waals surface area contributed by atoms with Gasteiger partial charge in [0.1, 0.15) is 0 Å². The third-order valence-corrected chi connectivity index (χ3v) is 7.45. The first-order valence-corrected chi connectivity index (χ1v) is 13.2. The van der Waals surface area contributed by atoms with Crippen molar-refractivity contribution in [1.29, 1.82) is 0 Å². The van der Waals surface area contributed by atoms with Crippen molar-refractivity contribution in [2.75, 3.05) is 11.9 Å². The van der Waals surface area contributed by atoms with E-state index in [0.717, 1.165) is 23.5 Å². The Hall–Kier alpha value is -4.04. The standard InChI is InChI=1S/C30H32N6OS/c1-20-7-6-8-24(17-20)33-27(37)12-16-35-29(28(34-30(35)38)26-9-4-5-13-32-26)25-18-21(2)36(22(25)3)19-23-10-14-31-15-11-23/h4-11,13-15,17-18,28-29H,12,16,19H2,1-3H3,(H,33,37)(H,34,38)/t28-,29-/m1/s1. The predicted octanol–water partition coefficient (Wildman–Crippen LogP) is 5.25. The van der Waals surface area contributed by atoms with Crippen LogP contribution in [0.15, 0.2) is 79.3 Å². The van der Waals surface area contributed by atoms with Crippen LogP contribution in [0.5, 0.6) is 0 Å². The van der Waals surface area contributed by atoms with Crippen molar-refractivity contribution in [3.63, 3.8) is 0 Å². The zero-order valence-corrected chi connectivity index (χ0v) is 22.7. The zero-order chi connectivity index (χ0) is 26.6. The number of carbonyl (C=O) groups excluding carboxylic acids is 1. The molecule has 1 amide bonds. The molecule has 2 atom stereocenters. The van der Waals surface area contributed by atoms with Crippen LogP contribution < -0.4 is 10.6 Å². The van der Waals surface area contributed by atoms with Gasteiger partial charge in [-0.05, 0) is 92.1 Å². The summed E-state index contributed by atoms with van der Waals surface area (Å²) < 4.78 is 2.32. The molecule has 0 bridgehead atoms. The van der Waals surface area contributed by atoms with E-state index in [0.29, 0.717) is 18.1 Å². The Labute approximate surface area is 228 Å². The van der Waals surface area contributed by atoms with Gasteiger partial charge in [-0.3, -0.25) is 14.8 Å². The van der Waals surface area contributed by atoms with Crippen LogP contribution in [0.2, 0.25) is 0 Å². The first-order valence-electron chi connectivity index (χ1n) is 12.8. The van der Waals surface area contributed by atoms with Gasteiger partial charge < -0.3 is 20.1 Å². The highest BCUT2D eigenvalue weighted by Crippen LogP contribution is 2.41. The maximum absolute atomic E-state index is 12.9. The summed E-state index contributed by atoms with van der Waals surface area (Å²) in [6, 6.07) is 19.9. The topological polar surface area (TPSA) is 75.1 Å². The molecule has 1 aromatic carbocycles. The Balaban J connectivity index is 1.43. The van der Waals surface area contributed by atoms with Gasteiger partial charge in [0.2, 0.25) is 5.91 Å². The first-order chi connectivity index (χ1) is 18.4. The smallest absolute Gasteiger partial charge is 0.226 e. The molecule has 0 radical (unpaired) electrons. The number of nitrogens with zero attached hydrogens (tertiary/aromatic N) is 4. The summed E-state index contributed by atoms with van der Waals surface area (Å²) >= 11 is 5.82. The molecule has 194 valence electrons. The molecular formula is C30H32N6OS. The summed E-state index contributed by atoms with van der Waals surface area (Å²) in [5, 5.41) is 7.15. The maximum Gasteiger partial charge on any atom is 0.226 e. The second kappa shape index (κ2) is 11.1. The number of hydrogen-bond acceptors (Lipinski definition) is 4. The minimum absolute atomic E-state index is 0.0402. The fraction of sp³-hybridized carbons (Fsp3) is 0.267. The lowest BCUT2D eigenvalue weighted by Gasteiger charge is -2.28. The summed E-state index contributed by atoms with van der Waals surface area (Å²) in [6.07, 6.45) is 5.77. The van der Waals surface area contributed by atoms with Crippen LogP contribution in [0, 0.1) is 20.8 Å². The Morgan fingerprint density at radius 1 is 1.03 bits per heavy atom. The average Bonchev–Trinajstić information content (AvgIpc) is 3.39. The molecule has 0 unspecified atom stereocenters. The average molecular weight is 525 g/mol. The van der Waals surface area contributed by atoms with E-state index in [-0.39, 0.29) is 18.0 Å². The van der Waals surface area contributed by atoms with Crippen LogP contribution >= 0.6 is 12.2 Å². The molecule has 0 aliphatic carbocycles. The minimum Gasteiger partial charge on any atom is -0.352 e. The molecule has 1 aliphatic heterocycles. The van der Waals surface area contributed by atoms with Crippen LogP contribution in [0.1, 0.15) is 52.3 Å². The molecule has 38 heavy (non-hydrogen) atoms. The van der Waals surface area contributed by atoms with Gasteiger partial charge in [0.05, 0.1) is 17.8 Å². The van der Waals surface area contributed by atoms with Crippen molar-refractivity contribution >= 4 is 28.9 Å². The van der Waals surface area contributed by atoms with Crippen LogP contribution in [0.3, 0.4) is 0 Å². The summed E-state index contributed by atoms with van der Waals surface area (Å²) in [7, 11) is 0. The normalized spacial score (nSPS) is 16.9. The Kier molecular flexibility index (Phi) is 7.51. The molecule has 1 aliphatic rings. The molecule has 1 saturated heterocycles. The second-order valence-electron chi connectivity index (χ2n) is 9.76. The van der Waals surface area contributed by atoms with E-state index in [1.165, 1.54) is 22.5 Å². The van der Waals surface area contributed by atoms with Crippen molar-refractivity contribution < 1.29 is 4.79 Å². The van der Waals surface area contributed by atoms with E-state index in [1.807, 2.05) is 80.1 Å². The van der Waals surface area contributed by atoms with Gasteiger partial charge >= 0.3 is 0 Å². The molecule has 0 saturated carbocycles. The zero-order valence-electron chi connectivity index (χ0n) is 21.9. The highest BCUT2D eigenvalue weighted by Gasteiger charge is 2.41. The SMILES string of the molecule is Cc1cccc(NC(=O)CCN2C(=S)N[C@H](c3ccccn3)[C@H]2c2cc(C)n(Cc3ccncc3)c2C)c1. The van der Waals surface area contributed by atoms with Gasteiger partial charge in [0.25, 0.3) is 0 Å². The van der Waals surface area contributed by atoms with Crippen LogP contribution in [-0.2, 0) is 11.3 Å². The van der Waals surface area contributed by atoms with Gasteiger partial charge in [-0.15, -0.1) is 0 Å². The number of aryl methyl sites for hydroxylation is 2. The van der Waals surface area contributed by atoms with Crippen molar-refractivity contribution in [3.05, 3.63) is 113 Å². The first kappa shape index (κ1) is 25.6. The van der Waals surface area contributed by atoms with Gasteiger partial charge in [-0.1, -0.05) is 18.2 Å². The lowest BCUT2D eigenvalue weighted by molar-refractivity contribution is -0.116. The molecule has 2 N–H and O–H groups in total. The monoisotopic (exact) mass is 524 g/mol. The van der Waals surface area contributed by atoms with Crippen molar-refractivity contribution in [3.8, 4) is 0 Å². The molecule has 7 nitrogen and oxygen atoms in total. The molecule has 8 heteroatoms. The summed E-state index contributed by atoms with van der Waals surface area (Å²) in [5.41, 5.74) is 7.55. The number of carbonyl (C=O) groups is 1. The third kappa shape index (κ3) is 5.45. The lowest BCUT2D eigenvalue weighted by Crippen LogP contribution is -2.33. The molecule has 0 spiro atoms. The molecule has 4 aromatic rings. The lowest BCUT2D eigenvalue weighted by atomic mass is 9.96. The van der Waals surface area contributed by atoms with E-state index in [1.54, 1.807) is 0 Å². The number of amides is 1. The largest absolute Gasteiger partial charge is 0.352 e. The Bertz CT molecular complexity index is 1440. The van der Waals surface area contributed by atoms with Crippen molar-refractivity contribution in [2.45, 2.75) is 45.8 Å². The molecular weight excluding hydrogens is 492 g/mol. The van der Waals surface area contributed by atoms with Gasteiger partial charge in [-0.2, -0.15) is 0 Å². The summed E-state index contributed by atoms with van der Waals surface area (Å²) in [4.78, 5) is 23.8. The van der Waals surface area contributed by atoms with E-state index in [9.17, 15) is 4.79 Å². The molecule has 4 heterocycles. The van der Waals surface area contributed by atoms with Crippen LogP contribution in [0.25, 0.3) is 0 Å². The number of anilines is 1. The number of benzene rings is 1. The second-order valence-corrected chi connectivity index (χ2v) is 10.1. The molecule has 5 rings (SSSR count). The third-order valence-electron chi connectivity index (χ3n) is 7.10. The number of nitrogens with one attached hydrogen (secondary N) is 2. The quantitative estimate of drug-likeness (QED) is 0.307. The van der Waals surface area contributed by atoms with Crippen molar-refractivity contribution in [1.82, 2.24) is 24.8 Å². The number of hydrogen-bond donors (Lipinski definition) is 2. The van der Waals surface area contributed by atoms with Crippen molar-refractivity contribution in [2.24, 2.45) is 0 Å². The fourth-order valence-corrected chi connectivity index (χ4v) is 5.53. The highest BCUT2D eigenvalue weighted by molar-refractivity contribution is 7.80. The van der Waals surface area contributed by atoms with Gasteiger partial charge in [0.15, 0.2) is 5.11 Å². The Morgan fingerprint density at radius 2 is 1.84 bits per heavy atom. The number of thiocarbonyl (C=S) groups is 1. The van der Waals surface area contributed by atoms with E-state index < -0.39 is 0 Å². The number of rotatable bonds is 8. The van der Waals surface area contributed by atoms with E-state index in [2.05, 4.69) is 50.0 Å². The Morgan fingerprint density at radius 3 is 2.58 bits per heavy atom. The minimum atomic E-state index is -0.126. The fourth-order valence-electron chi connectivity index (χ4n) is 5.19. The van der Waals surface area contributed by atoms with Gasteiger partial charge in [0, 0.05) is 55.2 Å². The maximum atomic E-state index is 12.9. The highest BCUT2D eigenvalue weighted by atomic mass is 32.1. The summed E-state index contributed by atoms with van der Waals surface area (Å²) in [6.45, 7) is 7.55. The van der Waals surface area contributed by atoms with Crippen LogP contribution in [0.4, 0.5) is 5.69 Å². The molecule has 1 fully saturated rings. The molecule has 3 aromatic heterocycles. The summed E-state index contributed by atoms with van der Waals surface area (Å²) in [5.74, 6) is -0.0402. The van der Waals surface area contributed by atoms with E-state index in [4.69, 9.17) is 12.2 Å². The van der Waals surface area contributed by atoms with E-state index >= 15 is 0 Å². The van der Waals surface area contributed by atoms with Crippen LogP contribution in [-0.4, -0.2) is 37.0 Å². The van der Waals surface area contributed by atoms with Gasteiger partial charge in [-0.25, -0.2) is 0 Å². The number of pyridine rings is 2. The number of aromatic nitrogens is 3.